The molecule has 1 saturated carbocycles. The van der Waals surface area contributed by atoms with Gasteiger partial charge in [-0.25, -0.2) is 4.98 Å². The van der Waals surface area contributed by atoms with E-state index in [4.69, 9.17) is 4.42 Å². The molecule has 3 rings (SSSR count). The number of carbonyl (C=O) groups is 1. The monoisotopic (exact) mass is 260 g/mol. The van der Waals surface area contributed by atoms with Crippen LogP contribution in [0, 0.1) is 5.92 Å². The van der Waals surface area contributed by atoms with Crippen molar-refractivity contribution in [3.63, 3.8) is 0 Å². The SMILES string of the molecule is O=C(Nc1ccc2ncoc2c1)C1CCC(O)CC1. The molecule has 2 aromatic rings. The topological polar surface area (TPSA) is 75.4 Å². The Kier molecular flexibility index (Phi) is 3.21. The quantitative estimate of drug-likeness (QED) is 0.868. The van der Waals surface area contributed by atoms with Crippen LogP contribution in [0.15, 0.2) is 29.0 Å². The van der Waals surface area contributed by atoms with Gasteiger partial charge in [-0.05, 0) is 37.8 Å². The molecule has 1 aromatic carbocycles. The first-order valence-electron chi connectivity index (χ1n) is 6.54. The van der Waals surface area contributed by atoms with E-state index >= 15 is 0 Å². The van der Waals surface area contributed by atoms with E-state index in [0.717, 1.165) is 24.0 Å². The summed E-state index contributed by atoms with van der Waals surface area (Å²) in [5.74, 6) is 0.0135. The number of aliphatic hydroxyl groups is 1. The molecule has 19 heavy (non-hydrogen) atoms. The summed E-state index contributed by atoms with van der Waals surface area (Å²) in [6.45, 7) is 0. The van der Waals surface area contributed by atoms with Crippen molar-refractivity contribution in [3.05, 3.63) is 24.6 Å². The van der Waals surface area contributed by atoms with Crippen molar-refractivity contribution in [1.82, 2.24) is 4.98 Å². The average molecular weight is 260 g/mol. The van der Waals surface area contributed by atoms with Gasteiger partial charge in [0.25, 0.3) is 0 Å². The third-order valence-corrected chi connectivity index (χ3v) is 3.67. The molecule has 1 heterocycles. The molecule has 0 radical (unpaired) electrons. The fourth-order valence-electron chi connectivity index (χ4n) is 2.52. The van der Waals surface area contributed by atoms with Gasteiger partial charge in [0, 0.05) is 17.7 Å². The lowest BCUT2D eigenvalue weighted by Crippen LogP contribution is -2.28. The molecular formula is C14H16N2O3. The smallest absolute Gasteiger partial charge is 0.227 e. The van der Waals surface area contributed by atoms with E-state index < -0.39 is 0 Å². The molecule has 2 N–H and O–H groups in total. The lowest BCUT2D eigenvalue weighted by atomic mass is 9.87. The highest BCUT2D eigenvalue weighted by Crippen LogP contribution is 2.26. The summed E-state index contributed by atoms with van der Waals surface area (Å²) < 4.78 is 5.20. The molecule has 1 aliphatic rings. The summed E-state index contributed by atoms with van der Waals surface area (Å²) in [6, 6.07) is 5.41. The van der Waals surface area contributed by atoms with Crippen molar-refractivity contribution in [2.75, 3.05) is 5.32 Å². The Morgan fingerprint density at radius 2 is 2.11 bits per heavy atom. The van der Waals surface area contributed by atoms with Crippen LogP contribution in [0.4, 0.5) is 5.69 Å². The fourth-order valence-corrected chi connectivity index (χ4v) is 2.52. The molecule has 0 saturated heterocycles. The number of hydrogen-bond donors (Lipinski definition) is 2. The maximum atomic E-state index is 12.1. The van der Waals surface area contributed by atoms with Crippen molar-refractivity contribution in [3.8, 4) is 0 Å². The molecule has 100 valence electrons. The number of oxazole rings is 1. The number of rotatable bonds is 2. The first kappa shape index (κ1) is 12.2. The predicted molar refractivity (Wildman–Crippen MR) is 70.6 cm³/mol. The molecule has 0 aliphatic heterocycles. The number of amides is 1. The van der Waals surface area contributed by atoms with Gasteiger partial charge in [-0.1, -0.05) is 0 Å². The van der Waals surface area contributed by atoms with Crippen molar-refractivity contribution in [2.24, 2.45) is 5.92 Å². The second-order valence-corrected chi connectivity index (χ2v) is 5.03. The van der Waals surface area contributed by atoms with E-state index in [0.29, 0.717) is 18.4 Å². The van der Waals surface area contributed by atoms with Gasteiger partial charge in [0.05, 0.1) is 6.10 Å². The van der Waals surface area contributed by atoms with Crippen molar-refractivity contribution in [1.29, 1.82) is 0 Å². The predicted octanol–water partition coefficient (Wildman–Crippen LogP) is 2.32. The van der Waals surface area contributed by atoms with Gasteiger partial charge >= 0.3 is 0 Å². The molecule has 0 atom stereocenters. The van der Waals surface area contributed by atoms with Crippen LogP contribution in [-0.4, -0.2) is 22.1 Å². The van der Waals surface area contributed by atoms with Crippen LogP contribution in [0.1, 0.15) is 25.7 Å². The van der Waals surface area contributed by atoms with E-state index in [-0.39, 0.29) is 17.9 Å². The Balaban J connectivity index is 1.68. The second kappa shape index (κ2) is 5.01. The number of aromatic nitrogens is 1. The van der Waals surface area contributed by atoms with Crippen LogP contribution in [0.25, 0.3) is 11.1 Å². The summed E-state index contributed by atoms with van der Waals surface area (Å²) in [6.07, 6.45) is 4.06. The lowest BCUT2D eigenvalue weighted by molar-refractivity contribution is -0.121. The zero-order chi connectivity index (χ0) is 13.2. The van der Waals surface area contributed by atoms with Gasteiger partial charge in [0.2, 0.25) is 5.91 Å². The molecule has 0 bridgehead atoms. The number of carbonyl (C=O) groups excluding carboxylic acids is 1. The summed E-state index contributed by atoms with van der Waals surface area (Å²) in [5, 5.41) is 12.3. The highest BCUT2D eigenvalue weighted by atomic mass is 16.3. The molecule has 0 unspecified atom stereocenters. The van der Waals surface area contributed by atoms with Crippen LogP contribution in [0.2, 0.25) is 0 Å². The highest BCUT2D eigenvalue weighted by molar-refractivity contribution is 5.94. The number of nitrogens with one attached hydrogen (secondary N) is 1. The zero-order valence-electron chi connectivity index (χ0n) is 10.5. The molecule has 0 spiro atoms. The summed E-state index contributed by atoms with van der Waals surface area (Å²) in [5.41, 5.74) is 2.16. The first-order chi connectivity index (χ1) is 9.22. The number of hydrogen-bond acceptors (Lipinski definition) is 4. The van der Waals surface area contributed by atoms with E-state index in [9.17, 15) is 9.90 Å². The Hall–Kier alpha value is -1.88. The van der Waals surface area contributed by atoms with Gasteiger partial charge in [0.1, 0.15) is 5.52 Å². The number of nitrogens with zero attached hydrogens (tertiary/aromatic N) is 1. The van der Waals surface area contributed by atoms with Crippen LogP contribution in [-0.2, 0) is 4.79 Å². The van der Waals surface area contributed by atoms with Crippen LogP contribution < -0.4 is 5.32 Å². The Morgan fingerprint density at radius 3 is 2.89 bits per heavy atom. The third-order valence-electron chi connectivity index (χ3n) is 3.67. The van der Waals surface area contributed by atoms with Gasteiger partial charge < -0.3 is 14.8 Å². The van der Waals surface area contributed by atoms with E-state index in [2.05, 4.69) is 10.3 Å². The molecule has 5 heteroatoms. The van der Waals surface area contributed by atoms with E-state index in [1.54, 1.807) is 6.07 Å². The van der Waals surface area contributed by atoms with Crippen LogP contribution in [0.5, 0.6) is 0 Å². The highest BCUT2D eigenvalue weighted by Gasteiger charge is 2.25. The minimum Gasteiger partial charge on any atom is -0.443 e. The fraction of sp³-hybridized carbons (Fsp3) is 0.429. The number of benzene rings is 1. The molecule has 5 nitrogen and oxygen atoms in total. The maximum absolute atomic E-state index is 12.1. The van der Waals surface area contributed by atoms with Gasteiger partial charge in [-0.2, -0.15) is 0 Å². The molecule has 1 aliphatic carbocycles. The summed E-state index contributed by atoms with van der Waals surface area (Å²) >= 11 is 0. The Bertz CT molecular complexity index is 585. The van der Waals surface area contributed by atoms with Gasteiger partial charge in [-0.3, -0.25) is 4.79 Å². The van der Waals surface area contributed by atoms with Crippen molar-refractivity contribution in [2.45, 2.75) is 31.8 Å². The number of anilines is 1. The van der Waals surface area contributed by atoms with Crippen molar-refractivity contribution >= 4 is 22.7 Å². The second-order valence-electron chi connectivity index (χ2n) is 5.03. The Labute approximate surface area is 110 Å². The molecule has 1 amide bonds. The average Bonchev–Trinajstić information content (AvgIpc) is 2.87. The zero-order valence-corrected chi connectivity index (χ0v) is 10.5. The number of aliphatic hydroxyl groups excluding tert-OH is 1. The molecule has 1 fully saturated rings. The number of fused-ring (bicyclic) bond motifs is 1. The van der Waals surface area contributed by atoms with E-state index in [1.807, 2.05) is 12.1 Å². The lowest BCUT2D eigenvalue weighted by Gasteiger charge is -2.24. The standard InChI is InChI=1S/C14H16N2O3/c17-11-4-1-9(2-5-11)14(18)16-10-3-6-12-13(7-10)19-8-15-12/h3,6-9,11,17H,1-2,4-5H2,(H,16,18). The largest absolute Gasteiger partial charge is 0.443 e. The molecule has 1 aromatic heterocycles. The summed E-state index contributed by atoms with van der Waals surface area (Å²) in [4.78, 5) is 16.1. The summed E-state index contributed by atoms with van der Waals surface area (Å²) in [7, 11) is 0. The maximum Gasteiger partial charge on any atom is 0.227 e. The van der Waals surface area contributed by atoms with Gasteiger partial charge in [-0.15, -0.1) is 0 Å². The Morgan fingerprint density at radius 1 is 1.32 bits per heavy atom. The van der Waals surface area contributed by atoms with Crippen LogP contribution in [0.3, 0.4) is 0 Å². The molecular weight excluding hydrogens is 244 g/mol. The normalized spacial score (nSPS) is 23.4. The third kappa shape index (κ3) is 2.61. The minimum atomic E-state index is -0.241. The van der Waals surface area contributed by atoms with E-state index in [1.165, 1.54) is 6.39 Å². The minimum absolute atomic E-state index is 0.00572. The van der Waals surface area contributed by atoms with Crippen molar-refractivity contribution < 1.29 is 14.3 Å². The van der Waals surface area contributed by atoms with Crippen LogP contribution >= 0.6 is 0 Å². The first-order valence-corrected chi connectivity index (χ1v) is 6.54. The van der Waals surface area contributed by atoms with Gasteiger partial charge in [0.15, 0.2) is 12.0 Å².